The third kappa shape index (κ3) is 5.83. The summed E-state index contributed by atoms with van der Waals surface area (Å²) in [5, 5.41) is 15.1. The number of nitrogens with two attached hydrogens (primary N) is 2. The first-order valence-electron chi connectivity index (χ1n) is 12.2. The Kier molecular flexibility index (Phi) is 7.54. The maximum atomic E-state index is 13.3. The number of carbonyl (C=O) groups excluding carboxylic acids is 2. The summed E-state index contributed by atoms with van der Waals surface area (Å²) in [7, 11) is 0. The summed E-state index contributed by atoms with van der Waals surface area (Å²) in [6.45, 7) is 7.76. The lowest BCUT2D eigenvalue weighted by Gasteiger charge is -2.35. The third-order valence-corrected chi connectivity index (χ3v) is 6.80. The first kappa shape index (κ1) is 25.2. The molecular formula is C26H34N8O2. The lowest BCUT2D eigenvalue weighted by molar-refractivity contribution is 0.0535. The molecule has 0 atom stereocenters. The zero-order valence-electron chi connectivity index (χ0n) is 20.7. The van der Waals surface area contributed by atoms with E-state index >= 15 is 0 Å². The first-order chi connectivity index (χ1) is 17.2. The molecule has 0 unspecified atom stereocenters. The van der Waals surface area contributed by atoms with Crippen molar-refractivity contribution in [2.24, 2.45) is 11.5 Å². The number of benzene rings is 2. The van der Waals surface area contributed by atoms with Gasteiger partial charge in [-0.2, -0.15) is 0 Å². The number of hydrogen-bond donors (Lipinski definition) is 4. The van der Waals surface area contributed by atoms with Crippen LogP contribution in [0.15, 0.2) is 42.5 Å². The molecule has 2 aromatic rings. The van der Waals surface area contributed by atoms with Gasteiger partial charge in [0.1, 0.15) is 5.84 Å². The van der Waals surface area contributed by atoms with E-state index in [0.29, 0.717) is 42.9 Å². The van der Waals surface area contributed by atoms with Crippen molar-refractivity contribution in [3.05, 3.63) is 70.3 Å². The number of carbonyl (C=O) groups is 2. The molecule has 0 saturated carbocycles. The van der Waals surface area contributed by atoms with Gasteiger partial charge >= 0.3 is 0 Å². The van der Waals surface area contributed by atoms with Crippen molar-refractivity contribution >= 4 is 23.6 Å². The molecule has 2 heterocycles. The topological polar surface area (TPSA) is 147 Å². The molecular weight excluding hydrogens is 456 g/mol. The number of amidine groups is 1. The highest BCUT2D eigenvalue weighted by Gasteiger charge is 2.26. The second-order valence-corrected chi connectivity index (χ2v) is 9.43. The van der Waals surface area contributed by atoms with Crippen LogP contribution < -0.4 is 11.5 Å². The first-order valence-corrected chi connectivity index (χ1v) is 12.2. The summed E-state index contributed by atoms with van der Waals surface area (Å²) in [5.41, 5.74) is 15.0. The van der Waals surface area contributed by atoms with Crippen LogP contribution in [0.2, 0.25) is 0 Å². The molecule has 2 fully saturated rings. The van der Waals surface area contributed by atoms with Crippen LogP contribution in [0.4, 0.5) is 0 Å². The zero-order chi connectivity index (χ0) is 25.8. The van der Waals surface area contributed by atoms with Crippen LogP contribution in [-0.2, 0) is 6.54 Å². The van der Waals surface area contributed by atoms with Crippen LogP contribution in [0.3, 0.4) is 0 Å². The maximum Gasteiger partial charge on any atom is 0.253 e. The van der Waals surface area contributed by atoms with E-state index in [-0.39, 0.29) is 23.6 Å². The fourth-order valence-electron chi connectivity index (χ4n) is 4.75. The van der Waals surface area contributed by atoms with E-state index in [4.69, 9.17) is 22.3 Å². The second kappa shape index (κ2) is 10.8. The summed E-state index contributed by atoms with van der Waals surface area (Å²) in [5.74, 6) is -0.0130. The zero-order valence-corrected chi connectivity index (χ0v) is 20.7. The van der Waals surface area contributed by atoms with E-state index in [0.717, 1.165) is 43.9 Å². The fourth-order valence-corrected chi connectivity index (χ4v) is 4.75. The van der Waals surface area contributed by atoms with E-state index in [2.05, 4.69) is 11.0 Å². The van der Waals surface area contributed by atoms with Crippen molar-refractivity contribution in [2.45, 2.75) is 13.5 Å². The molecule has 0 radical (unpaired) electrons. The number of nitrogens with zero attached hydrogens (tertiary/aromatic N) is 4. The molecule has 0 bridgehead atoms. The number of guanidine groups is 1. The minimum atomic E-state index is -0.0834. The van der Waals surface area contributed by atoms with Crippen molar-refractivity contribution in [3.8, 4) is 0 Å². The Balaban J connectivity index is 1.34. The van der Waals surface area contributed by atoms with Gasteiger partial charge in [-0.15, -0.1) is 0 Å². The van der Waals surface area contributed by atoms with Crippen molar-refractivity contribution < 1.29 is 9.59 Å². The van der Waals surface area contributed by atoms with Gasteiger partial charge < -0.3 is 26.2 Å². The average molecular weight is 491 g/mol. The van der Waals surface area contributed by atoms with Gasteiger partial charge in [-0.3, -0.25) is 25.3 Å². The van der Waals surface area contributed by atoms with E-state index in [1.54, 1.807) is 29.2 Å². The lowest BCUT2D eigenvalue weighted by Crippen LogP contribution is -2.50. The molecule has 190 valence electrons. The Morgan fingerprint density at radius 2 is 1.22 bits per heavy atom. The van der Waals surface area contributed by atoms with Crippen LogP contribution in [0.5, 0.6) is 0 Å². The molecule has 36 heavy (non-hydrogen) atoms. The van der Waals surface area contributed by atoms with Crippen LogP contribution in [-0.4, -0.2) is 95.6 Å². The van der Waals surface area contributed by atoms with Crippen molar-refractivity contribution in [1.29, 1.82) is 10.8 Å². The monoisotopic (exact) mass is 490 g/mol. The summed E-state index contributed by atoms with van der Waals surface area (Å²) in [4.78, 5) is 33.9. The lowest BCUT2D eigenvalue weighted by atomic mass is 10.0. The Morgan fingerprint density at radius 1 is 0.722 bits per heavy atom. The van der Waals surface area contributed by atoms with Crippen LogP contribution in [0.1, 0.15) is 37.4 Å². The van der Waals surface area contributed by atoms with Crippen molar-refractivity contribution in [2.75, 3.05) is 52.4 Å². The number of piperazine rings is 2. The molecule has 10 heteroatoms. The van der Waals surface area contributed by atoms with Gasteiger partial charge in [0, 0.05) is 75.6 Å². The predicted molar refractivity (Wildman–Crippen MR) is 139 cm³/mol. The van der Waals surface area contributed by atoms with Crippen LogP contribution >= 0.6 is 0 Å². The standard InChI is InChI=1S/C26H34N8O2/c1-18-14-19(17-31-6-8-34(9-7-31)26(29)30)16-22(15-18)25(36)33-12-10-32(11-13-33)24(35)21-4-2-20(3-5-21)23(27)28/h2-5,14-16H,6-13,17H2,1H3,(H3,27,28)(H3,29,30). The Hall–Kier alpha value is -3.92. The van der Waals surface area contributed by atoms with E-state index in [1.165, 1.54) is 0 Å². The smallest absolute Gasteiger partial charge is 0.253 e. The molecule has 0 aromatic heterocycles. The van der Waals surface area contributed by atoms with Gasteiger partial charge in [0.2, 0.25) is 0 Å². The minimum Gasteiger partial charge on any atom is -0.384 e. The van der Waals surface area contributed by atoms with Gasteiger partial charge in [0.25, 0.3) is 11.8 Å². The number of amides is 2. The van der Waals surface area contributed by atoms with Gasteiger partial charge in [-0.25, -0.2) is 0 Å². The van der Waals surface area contributed by atoms with Crippen molar-refractivity contribution in [3.63, 3.8) is 0 Å². The second-order valence-electron chi connectivity index (χ2n) is 9.43. The number of aryl methyl sites for hydroxylation is 1. The average Bonchev–Trinajstić information content (AvgIpc) is 2.88. The summed E-state index contributed by atoms with van der Waals surface area (Å²) < 4.78 is 0. The number of nitrogen functional groups attached to an aromatic ring is 1. The molecule has 0 spiro atoms. The Labute approximate surface area is 211 Å². The highest BCUT2D eigenvalue weighted by atomic mass is 16.2. The van der Waals surface area contributed by atoms with E-state index in [9.17, 15) is 9.59 Å². The summed E-state index contributed by atoms with van der Waals surface area (Å²) in [6, 6.07) is 12.7. The third-order valence-electron chi connectivity index (χ3n) is 6.80. The highest BCUT2D eigenvalue weighted by Crippen LogP contribution is 2.17. The summed E-state index contributed by atoms with van der Waals surface area (Å²) >= 11 is 0. The highest BCUT2D eigenvalue weighted by molar-refractivity contribution is 5.98. The number of nitrogens with one attached hydrogen (secondary N) is 2. The minimum absolute atomic E-state index is 0.0146. The molecule has 2 aromatic carbocycles. The normalized spacial score (nSPS) is 16.6. The Bertz CT molecular complexity index is 1150. The molecule has 2 aliphatic rings. The van der Waals surface area contributed by atoms with Crippen molar-refractivity contribution in [1.82, 2.24) is 19.6 Å². The quantitative estimate of drug-likeness (QED) is 0.362. The number of hydrogen-bond acceptors (Lipinski definition) is 5. The fraction of sp³-hybridized carbons (Fsp3) is 0.385. The van der Waals surface area contributed by atoms with Crippen LogP contribution in [0, 0.1) is 17.7 Å². The predicted octanol–water partition coefficient (Wildman–Crippen LogP) is 0.888. The Morgan fingerprint density at radius 3 is 1.75 bits per heavy atom. The SMILES string of the molecule is Cc1cc(CN2CCN(C(=N)N)CC2)cc(C(=O)N2CCN(C(=O)c3ccc(C(=N)N)cc3)CC2)c1. The van der Waals surface area contributed by atoms with Crippen LogP contribution in [0.25, 0.3) is 0 Å². The molecule has 4 rings (SSSR count). The maximum absolute atomic E-state index is 13.3. The van der Waals surface area contributed by atoms with E-state index in [1.807, 2.05) is 28.9 Å². The largest absolute Gasteiger partial charge is 0.384 e. The van der Waals surface area contributed by atoms with Gasteiger partial charge in [0.15, 0.2) is 5.96 Å². The van der Waals surface area contributed by atoms with Gasteiger partial charge in [-0.1, -0.05) is 23.8 Å². The van der Waals surface area contributed by atoms with Gasteiger partial charge in [0.05, 0.1) is 0 Å². The summed E-state index contributed by atoms with van der Waals surface area (Å²) in [6.07, 6.45) is 0. The molecule has 2 aliphatic heterocycles. The molecule has 0 aliphatic carbocycles. The molecule has 10 nitrogen and oxygen atoms in total. The van der Waals surface area contributed by atoms with E-state index < -0.39 is 0 Å². The molecule has 2 amide bonds. The molecule has 2 saturated heterocycles. The number of rotatable bonds is 5. The molecule has 6 N–H and O–H groups in total. The van der Waals surface area contributed by atoms with Gasteiger partial charge in [-0.05, 0) is 36.8 Å².